The van der Waals surface area contributed by atoms with E-state index >= 15 is 0 Å². The third-order valence-electron chi connectivity index (χ3n) is 4.19. The van der Waals surface area contributed by atoms with Crippen molar-refractivity contribution in [1.29, 1.82) is 0 Å². The van der Waals surface area contributed by atoms with Gasteiger partial charge in [0, 0.05) is 37.8 Å². The zero-order valence-corrected chi connectivity index (χ0v) is 18.0. The Morgan fingerprint density at radius 1 is 1.00 bits per heavy atom. The van der Waals surface area contributed by atoms with Crippen molar-refractivity contribution in [3.05, 3.63) is 59.8 Å². The fourth-order valence-corrected chi connectivity index (χ4v) is 4.50. The number of pyridine rings is 1. The van der Waals surface area contributed by atoms with Gasteiger partial charge < -0.3 is 5.32 Å². The summed E-state index contributed by atoms with van der Waals surface area (Å²) in [7, 11) is 3.25. The topological polar surface area (TPSA) is 59.1 Å². The second kappa shape index (κ2) is 13.4. The number of benzene rings is 1. The highest BCUT2D eigenvalue weighted by molar-refractivity contribution is 8.76. The lowest BCUT2D eigenvalue weighted by Crippen LogP contribution is -2.24. The first-order valence-corrected chi connectivity index (χ1v) is 12.0. The molecule has 0 atom stereocenters. The quantitative estimate of drug-likeness (QED) is 0.367. The maximum Gasteiger partial charge on any atom is 0.220 e. The van der Waals surface area contributed by atoms with Crippen molar-refractivity contribution in [1.82, 2.24) is 10.3 Å². The van der Waals surface area contributed by atoms with E-state index < -0.39 is 0 Å². The zero-order chi connectivity index (χ0) is 20.0. The highest BCUT2D eigenvalue weighted by Crippen LogP contribution is 2.29. The lowest BCUT2D eigenvalue weighted by Gasteiger charge is -2.06. The molecule has 0 aliphatic rings. The summed E-state index contributed by atoms with van der Waals surface area (Å²) in [6, 6.07) is 14.2. The number of Topliss-reactive ketones (excluding diaryl/α,β-unsaturated/α-hetero) is 1. The van der Waals surface area contributed by atoms with Crippen molar-refractivity contribution < 1.29 is 9.59 Å². The van der Waals surface area contributed by atoms with Crippen molar-refractivity contribution in [3.8, 4) is 0 Å². The van der Waals surface area contributed by atoms with Crippen LogP contribution in [-0.2, 0) is 16.0 Å². The zero-order valence-electron chi connectivity index (χ0n) is 16.4. The molecular weight excluding hydrogens is 388 g/mol. The molecule has 0 aliphatic heterocycles. The molecule has 150 valence electrons. The second-order valence-corrected chi connectivity index (χ2v) is 9.09. The number of amides is 1. The first-order valence-electron chi connectivity index (χ1n) is 9.68. The molecule has 1 N–H and O–H groups in total. The number of rotatable bonds is 13. The molecule has 1 amide bonds. The van der Waals surface area contributed by atoms with Crippen molar-refractivity contribution in [2.24, 2.45) is 0 Å². The lowest BCUT2D eigenvalue weighted by atomic mass is 10.1. The molecule has 2 aromatic rings. The molecular formula is C22H28N2O2S2. The summed E-state index contributed by atoms with van der Waals surface area (Å²) in [6.45, 7) is 2.65. The van der Waals surface area contributed by atoms with E-state index in [1.165, 1.54) is 11.1 Å². The molecule has 1 heterocycles. The van der Waals surface area contributed by atoms with Crippen LogP contribution in [0, 0.1) is 6.92 Å². The van der Waals surface area contributed by atoms with Gasteiger partial charge in [-0.05, 0) is 54.7 Å². The van der Waals surface area contributed by atoms with Gasteiger partial charge in [-0.1, -0.05) is 46.7 Å². The summed E-state index contributed by atoms with van der Waals surface area (Å²) >= 11 is 0. The van der Waals surface area contributed by atoms with E-state index in [2.05, 4.69) is 41.5 Å². The molecule has 2 rings (SSSR count). The predicted molar refractivity (Wildman–Crippen MR) is 119 cm³/mol. The maximum atomic E-state index is 11.9. The van der Waals surface area contributed by atoms with E-state index in [-0.39, 0.29) is 11.7 Å². The van der Waals surface area contributed by atoms with Gasteiger partial charge in [0.1, 0.15) is 10.8 Å². The van der Waals surface area contributed by atoms with Crippen molar-refractivity contribution >= 4 is 33.3 Å². The fourth-order valence-electron chi connectivity index (χ4n) is 2.59. The number of nitrogens with one attached hydrogen (secondary N) is 1. The Labute approximate surface area is 175 Å². The van der Waals surface area contributed by atoms with Gasteiger partial charge in [-0.25, -0.2) is 4.98 Å². The van der Waals surface area contributed by atoms with Crippen LogP contribution in [0.15, 0.2) is 53.7 Å². The highest BCUT2D eigenvalue weighted by Gasteiger charge is 2.05. The molecule has 0 radical (unpaired) electrons. The Morgan fingerprint density at radius 2 is 1.82 bits per heavy atom. The minimum absolute atomic E-state index is 0.0712. The summed E-state index contributed by atoms with van der Waals surface area (Å²) < 4.78 is 0. The summed E-state index contributed by atoms with van der Waals surface area (Å²) in [5, 5.41) is 3.88. The largest absolute Gasteiger partial charge is 0.356 e. The van der Waals surface area contributed by atoms with E-state index in [1.54, 1.807) is 27.8 Å². The van der Waals surface area contributed by atoms with Crippen molar-refractivity contribution in [2.75, 3.05) is 12.3 Å². The van der Waals surface area contributed by atoms with Gasteiger partial charge in [0.15, 0.2) is 0 Å². The second-order valence-electron chi connectivity index (χ2n) is 6.65. The first-order chi connectivity index (χ1) is 13.6. The normalized spacial score (nSPS) is 10.6. The van der Waals surface area contributed by atoms with Gasteiger partial charge in [-0.2, -0.15) is 0 Å². The van der Waals surface area contributed by atoms with Gasteiger partial charge in [0.05, 0.1) is 0 Å². The van der Waals surface area contributed by atoms with Gasteiger partial charge in [0.2, 0.25) is 5.91 Å². The molecule has 0 aliphatic carbocycles. The Bertz CT molecular complexity index is 721. The minimum Gasteiger partial charge on any atom is -0.356 e. The van der Waals surface area contributed by atoms with Crippen LogP contribution in [0.2, 0.25) is 0 Å². The Balaban J connectivity index is 1.44. The summed E-state index contributed by atoms with van der Waals surface area (Å²) in [5.41, 5.74) is 2.52. The molecule has 0 spiro atoms. The van der Waals surface area contributed by atoms with Crippen LogP contribution in [0.1, 0.15) is 43.2 Å². The summed E-state index contributed by atoms with van der Waals surface area (Å²) in [6.07, 6.45) is 5.86. The van der Waals surface area contributed by atoms with Gasteiger partial charge >= 0.3 is 0 Å². The number of aryl methyl sites for hydroxylation is 2. The maximum absolute atomic E-state index is 11.9. The van der Waals surface area contributed by atoms with Gasteiger partial charge in [-0.3, -0.25) is 9.59 Å². The number of nitrogens with zero attached hydrogens (tertiary/aromatic N) is 1. The molecule has 0 unspecified atom stereocenters. The Morgan fingerprint density at radius 3 is 2.57 bits per heavy atom. The molecule has 0 bridgehead atoms. The first kappa shape index (κ1) is 22.5. The number of ketones is 1. The van der Waals surface area contributed by atoms with Crippen LogP contribution >= 0.6 is 21.6 Å². The van der Waals surface area contributed by atoms with Crippen LogP contribution < -0.4 is 5.32 Å². The minimum atomic E-state index is 0.0712. The molecule has 28 heavy (non-hydrogen) atoms. The molecule has 1 aromatic heterocycles. The summed E-state index contributed by atoms with van der Waals surface area (Å²) in [5.74, 6) is 1.11. The van der Waals surface area contributed by atoms with Gasteiger partial charge in [0.25, 0.3) is 0 Å². The number of aromatic nitrogens is 1. The molecule has 6 heteroatoms. The molecule has 0 saturated carbocycles. The number of carbonyl (C=O) groups excluding carboxylic acids is 2. The number of carbonyl (C=O) groups is 2. The van der Waals surface area contributed by atoms with E-state index in [0.29, 0.717) is 32.2 Å². The SMILES string of the molecule is Cc1ccc(CCCC(=O)NCCCC(=O)CCSSc2ccccn2)cc1. The third kappa shape index (κ3) is 9.95. The molecule has 4 nitrogen and oxygen atoms in total. The average molecular weight is 417 g/mol. The molecule has 1 aromatic carbocycles. The van der Waals surface area contributed by atoms with E-state index in [4.69, 9.17) is 0 Å². The third-order valence-corrected chi connectivity index (χ3v) is 6.46. The fraction of sp³-hybridized carbons (Fsp3) is 0.409. The van der Waals surface area contributed by atoms with Gasteiger partial charge in [-0.15, -0.1) is 0 Å². The van der Waals surface area contributed by atoms with Crippen molar-refractivity contribution in [3.63, 3.8) is 0 Å². The average Bonchev–Trinajstić information content (AvgIpc) is 2.71. The number of hydrogen-bond acceptors (Lipinski definition) is 5. The van der Waals surface area contributed by atoms with E-state index in [0.717, 1.165) is 23.6 Å². The number of hydrogen-bond donors (Lipinski definition) is 1. The predicted octanol–water partition coefficient (Wildman–Crippen LogP) is 5.01. The smallest absolute Gasteiger partial charge is 0.220 e. The monoisotopic (exact) mass is 416 g/mol. The Hall–Kier alpha value is -1.79. The van der Waals surface area contributed by atoms with E-state index in [9.17, 15) is 9.59 Å². The molecule has 0 saturated heterocycles. The molecule has 0 fully saturated rings. The van der Waals surface area contributed by atoms with Crippen LogP contribution in [0.3, 0.4) is 0 Å². The van der Waals surface area contributed by atoms with Crippen LogP contribution in [0.5, 0.6) is 0 Å². The van der Waals surface area contributed by atoms with Crippen LogP contribution in [0.4, 0.5) is 0 Å². The van der Waals surface area contributed by atoms with Crippen molar-refractivity contribution in [2.45, 2.75) is 50.5 Å². The summed E-state index contributed by atoms with van der Waals surface area (Å²) in [4.78, 5) is 28.0. The Kier molecular flexibility index (Phi) is 10.8. The lowest BCUT2D eigenvalue weighted by molar-refractivity contribution is -0.122. The highest BCUT2D eigenvalue weighted by atomic mass is 33.1. The van der Waals surface area contributed by atoms with E-state index in [1.807, 2.05) is 18.2 Å². The van der Waals surface area contributed by atoms with Crippen LogP contribution in [-0.4, -0.2) is 29.0 Å². The standard InChI is InChI=1S/C22H28N2O2S2/c1-18-10-12-19(13-11-18)6-4-8-21(26)23-16-5-7-20(25)14-17-27-28-22-9-2-3-15-24-22/h2-3,9-13,15H,4-8,14,16-17H2,1H3,(H,23,26). The van der Waals surface area contributed by atoms with Crippen LogP contribution in [0.25, 0.3) is 0 Å².